The van der Waals surface area contributed by atoms with Gasteiger partial charge in [-0.05, 0) is 37.1 Å². The molecule has 2 N–H and O–H groups in total. The van der Waals surface area contributed by atoms with E-state index in [-0.39, 0.29) is 0 Å². The van der Waals surface area contributed by atoms with Gasteiger partial charge in [-0.15, -0.1) is 0 Å². The van der Waals surface area contributed by atoms with Gasteiger partial charge in [-0.25, -0.2) is 4.39 Å². The molecular formula is C13H18ClFN2. The van der Waals surface area contributed by atoms with Crippen molar-refractivity contribution in [2.24, 2.45) is 0 Å². The minimum atomic E-state index is -0.468. The third kappa shape index (κ3) is 3.58. The van der Waals surface area contributed by atoms with Gasteiger partial charge < -0.3 is 10.6 Å². The fourth-order valence-corrected chi connectivity index (χ4v) is 2.39. The second-order valence-corrected chi connectivity index (χ2v) is 4.88. The number of hydrogen-bond donors (Lipinski definition) is 2. The van der Waals surface area contributed by atoms with E-state index in [4.69, 9.17) is 11.6 Å². The lowest BCUT2D eigenvalue weighted by molar-refractivity contribution is 0.414. The van der Waals surface area contributed by atoms with E-state index in [1.165, 1.54) is 19.3 Å². The smallest absolute Gasteiger partial charge is 0.115 e. The number of halogens is 2. The fraction of sp³-hybridized carbons (Fsp3) is 0.538. The van der Waals surface area contributed by atoms with E-state index in [0.29, 0.717) is 16.6 Å². The number of nitrogens with one attached hydrogen (secondary N) is 2. The molecule has 1 saturated heterocycles. The van der Waals surface area contributed by atoms with Crippen molar-refractivity contribution >= 4 is 17.3 Å². The third-order valence-corrected chi connectivity index (χ3v) is 3.45. The van der Waals surface area contributed by atoms with Crippen molar-refractivity contribution in [3.8, 4) is 0 Å². The van der Waals surface area contributed by atoms with Gasteiger partial charge in [-0.3, -0.25) is 0 Å². The number of hydrogen-bond acceptors (Lipinski definition) is 2. The highest BCUT2D eigenvalue weighted by Gasteiger charge is 2.12. The second-order valence-electron chi connectivity index (χ2n) is 4.48. The van der Waals surface area contributed by atoms with Crippen LogP contribution in [0, 0.1) is 0 Å². The Balaban J connectivity index is 1.89. The molecule has 0 spiro atoms. The molecule has 2 rings (SSSR count). The van der Waals surface area contributed by atoms with Crippen LogP contribution in [0.5, 0.6) is 0 Å². The molecule has 0 amide bonds. The normalized spacial score (nSPS) is 20.2. The molecule has 0 saturated carbocycles. The topological polar surface area (TPSA) is 24.1 Å². The first kappa shape index (κ1) is 12.7. The zero-order valence-corrected chi connectivity index (χ0v) is 10.6. The predicted octanol–water partition coefficient (Wildman–Crippen LogP) is 3.36. The quantitative estimate of drug-likeness (QED) is 0.863. The first-order valence-electron chi connectivity index (χ1n) is 6.11. The third-order valence-electron chi connectivity index (χ3n) is 3.14. The molecule has 0 aromatic heterocycles. The van der Waals surface area contributed by atoms with Gasteiger partial charge in [0, 0.05) is 12.6 Å². The van der Waals surface area contributed by atoms with Gasteiger partial charge in [0.15, 0.2) is 0 Å². The summed E-state index contributed by atoms with van der Waals surface area (Å²) < 4.78 is 12.4. The number of anilines is 1. The fourth-order valence-electron chi connectivity index (χ4n) is 2.12. The van der Waals surface area contributed by atoms with Crippen molar-refractivity contribution in [3.63, 3.8) is 0 Å². The van der Waals surface area contributed by atoms with Crippen LogP contribution < -0.4 is 10.6 Å². The van der Waals surface area contributed by atoms with Gasteiger partial charge in [0.2, 0.25) is 0 Å². The highest BCUT2D eigenvalue weighted by molar-refractivity contribution is 6.33. The Morgan fingerprint density at radius 1 is 1.41 bits per heavy atom. The first-order valence-corrected chi connectivity index (χ1v) is 6.49. The summed E-state index contributed by atoms with van der Waals surface area (Å²) >= 11 is 6.08. The van der Waals surface area contributed by atoms with Gasteiger partial charge in [0.1, 0.15) is 6.67 Å². The number of benzene rings is 1. The summed E-state index contributed by atoms with van der Waals surface area (Å²) in [6.07, 6.45) is 3.75. The maximum absolute atomic E-state index is 12.4. The van der Waals surface area contributed by atoms with Crippen molar-refractivity contribution in [1.82, 2.24) is 5.32 Å². The molecule has 0 aliphatic carbocycles. The molecule has 1 aliphatic rings. The van der Waals surface area contributed by atoms with Gasteiger partial charge >= 0.3 is 0 Å². The molecule has 1 aromatic rings. The van der Waals surface area contributed by atoms with E-state index < -0.39 is 6.67 Å². The number of piperidine rings is 1. The molecule has 1 unspecified atom stereocenters. The molecule has 17 heavy (non-hydrogen) atoms. The predicted molar refractivity (Wildman–Crippen MR) is 70.4 cm³/mol. The zero-order valence-electron chi connectivity index (χ0n) is 9.81. The average Bonchev–Trinajstić information content (AvgIpc) is 2.38. The molecule has 2 nitrogen and oxygen atoms in total. The lowest BCUT2D eigenvalue weighted by atomic mass is 10.1. The Morgan fingerprint density at radius 3 is 2.94 bits per heavy atom. The van der Waals surface area contributed by atoms with E-state index in [0.717, 1.165) is 18.8 Å². The highest BCUT2D eigenvalue weighted by Crippen LogP contribution is 2.23. The Labute approximate surface area is 107 Å². The summed E-state index contributed by atoms with van der Waals surface area (Å²) in [7, 11) is 0. The molecule has 0 bridgehead atoms. The van der Waals surface area contributed by atoms with Gasteiger partial charge in [-0.2, -0.15) is 0 Å². The molecular weight excluding hydrogens is 239 g/mol. The van der Waals surface area contributed by atoms with E-state index in [9.17, 15) is 4.39 Å². The van der Waals surface area contributed by atoms with Crippen LogP contribution in [0.25, 0.3) is 0 Å². The Hall–Kier alpha value is -0.800. The average molecular weight is 257 g/mol. The molecule has 94 valence electrons. The SMILES string of the molecule is FCc1ccc(NCC2CCCCN2)c(Cl)c1. The second kappa shape index (κ2) is 6.22. The number of alkyl halides is 1. The van der Waals surface area contributed by atoms with Crippen LogP contribution in [0.1, 0.15) is 24.8 Å². The lowest BCUT2D eigenvalue weighted by Gasteiger charge is -2.24. The Morgan fingerprint density at radius 2 is 2.29 bits per heavy atom. The minimum absolute atomic E-state index is 0.468. The summed E-state index contributed by atoms with van der Waals surface area (Å²) in [6.45, 7) is 1.50. The highest BCUT2D eigenvalue weighted by atomic mass is 35.5. The molecule has 1 atom stereocenters. The summed E-state index contributed by atoms with van der Waals surface area (Å²) in [5, 5.41) is 7.38. The van der Waals surface area contributed by atoms with E-state index in [1.54, 1.807) is 12.1 Å². The van der Waals surface area contributed by atoms with Gasteiger partial charge in [0.25, 0.3) is 0 Å². The summed E-state index contributed by atoms with van der Waals surface area (Å²) in [4.78, 5) is 0. The van der Waals surface area contributed by atoms with Crippen LogP contribution in [0.15, 0.2) is 18.2 Å². The van der Waals surface area contributed by atoms with Crippen molar-refractivity contribution in [1.29, 1.82) is 0 Å². The minimum Gasteiger partial charge on any atom is -0.382 e. The molecule has 0 radical (unpaired) electrons. The van der Waals surface area contributed by atoms with Crippen LogP contribution in [0.4, 0.5) is 10.1 Å². The van der Waals surface area contributed by atoms with Gasteiger partial charge in [-0.1, -0.05) is 24.1 Å². The standard InChI is InChI=1S/C13H18ClFN2/c14-12-7-10(8-15)4-5-13(12)17-9-11-3-1-2-6-16-11/h4-5,7,11,16-17H,1-3,6,8-9H2. The Kier molecular flexibility index (Phi) is 4.63. The molecule has 1 aromatic carbocycles. The lowest BCUT2D eigenvalue weighted by Crippen LogP contribution is -2.39. The van der Waals surface area contributed by atoms with Crippen LogP contribution >= 0.6 is 11.6 Å². The van der Waals surface area contributed by atoms with Crippen LogP contribution in [0.3, 0.4) is 0 Å². The maximum atomic E-state index is 12.4. The first-order chi connectivity index (χ1) is 8.29. The zero-order chi connectivity index (χ0) is 12.1. The number of rotatable bonds is 4. The van der Waals surface area contributed by atoms with Crippen LogP contribution in [0.2, 0.25) is 5.02 Å². The molecule has 1 aliphatic heterocycles. The monoisotopic (exact) mass is 256 g/mol. The van der Waals surface area contributed by atoms with E-state index >= 15 is 0 Å². The summed E-state index contributed by atoms with van der Waals surface area (Å²) in [5.41, 5.74) is 1.51. The molecule has 1 heterocycles. The van der Waals surface area contributed by atoms with E-state index in [2.05, 4.69) is 10.6 Å². The van der Waals surface area contributed by atoms with Crippen molar-refractivity contribution in [2.75, 3.05) is 18.4 Å². The maximum Gasteiger partial charge on any atom is 0.115 e. The van der Waals surface area contributed by atoms with Crippen LogP contribution in [-0.2, 0) is 6.67 Å². The molecule has 1 fully saturated rings. The largest absolute Gasteiger partial charge is 0.382 e. The van der Waals surface area contributed by atoms with Crippen molar-refractivity contribution in [2.45, 2.75) is 32.0 Å². The van der Waals surface area contributed by atoms with Gasteiger partial charge in [0.05, 0.1) is 10.7 Å². The van der Waals surface area contributed by atoms with Crippen LogP contribution in [-0.4, -0.2) is 19.1 Å². The summed E-state index contributed by atoms with van der Waals surface area (Å²) in [6, 6.07) is 5.81. The van der Waals surface area contributed by atoms with Crippen molar-refractivity contribution in [3.05, 3.63) is 28.8 Å². The summed E-state index contributed by atoms with van der Waals surface area (Å²) in [5.74, 6) is 0. The van der Waals surface area contributed by atoms with Crippen molar-refractivity contribution < 1.29 is 4.39 Å². The molecule has 4 heteroatoms. The Bertz CT molecular complexity index is 364. The van der Waals surface area contributed by atoms with E-state index in [1.807, 2.05) is 6.07 Å².